The fourth-order valence-corrected chi connectivity index (χ4v) is 3.83. The van der Waals surface area contributed by atoms with Crippen LogP contribution in [0.1, 0.15) is 43.4 Å². The van der Waals surface area contributed by atoms with Crippen LogP contribution in [0.25, 0.3) is 0 Å². The van der Waals surface area contributed by atoms with Crippen molar-refractivity contribution in [1.29, 1.82) is 0 Å². The summed E-state index contributed by atoms with van der Waals surface area (Å²) in [4.78, 5) is 17.6. The van der Waals surface area contributed by atoms with Crippen LogP contribution in [0.3, 0.4) is 0 Å². The van der Waals surface area contributed by atoms with Crippen molar-refractivity contribution >= 4 is 11.6 Å². The third kappa shape index (κ3) is 2.02. The molecule has 2 aliphatic rings. The fraction of sp³-hybridized carbons (Fsp3) is 0.611. The number of benzene rings is 1. The third-order valence-corrected chi connectivity index (χ3v) is 5.37. The zero-order valence-electron chi connectivity index (χ0n) is 13.9. The molecule has 114 valence electrons. The van der Waals surface area contributed by atoms with Gasteiger partial charge in [0.1, 0.15) is 0 Å². The number of rotatable bonds is 1. The molecule has 2 heterocycles. The van der Waals surface area contributed by atoms with E-state index in [4.69, 9.17) is 0 Å². The Kier molecular flexibility index (Phi) is 3.36. The Morgan fingerprint density at radius 3 is 2.24 bits per heavy atom. The summed E-state index contributed by atoms with van der Waals surface area (Å²) in [5.74, 6) is 0.325. The minimum atomic E-state index is -0.273. The smallest absolute Gasteiger partial charge is 0.238 e. The second-order valence-electron chi connectivity index (χ2n) is 7.11. The van der Waals surface area contributed by atoms with Crippen LogP contribution in [0.15, 0.2) is 12.1 Å². The van der Waals surface area contributed by atoms with E-state index in [9.17, 15) is 4.79 Å². The standard InChI is InChI=1S/C18H26N2O/c1-12(2)20-16-11-14(4)13(3)10-15(16)18(17(20)21)6-8-19(5)9-7-18/h10-12H,6-9H2,1-5H3. The third-order valence-electron chi connectivity index (χ3n) is 5.37. The molecule has 0 bridgehead atoms. The Morgan fingerprint density at radius 1 is 1.10 bits per heavy atom. The van der Waals surface area contributed by atoms with Crippen LogP contribution in [0.4, 0.5) is 5.69 Å². The van der Waals surface area contributed by atoms with Crippen molar-refractivity contribution in [3.05, 3.63) is 28.8 Å². The summed E-state index contributed by atoms with van der Waals surface area (Å²) in [7, 11) is 2.15. The number of amides is 1. The van der Waals surface area contributed by atoms with Crippen LogP contribution in [0, 0.1) is 13.8 Å². The van der Waals surface area contributed by atoms with E-state index < -0.39 is 0 Å². The Labute approximate surface area is 127 Å². The molecule has 2 aliphatic heterocycles. The van der Waals surface area contributed by atoms with Gasteiger partial charge in [-0.15, -0.1) is 0 Å². The summed E-state index contributed by atoms with van der Waals surface area (Å²) in [6.07, 6.45) is 1.89. The molecule has 0 aromatic heterocycles. The van der Waals surface area contributed by atoms with E-state index >= 15 is 0 Å². The van der Waals surface area contributed by atoms with Crippen LogP contribution in [-0.4, -0.2) is 37.0 Å². The summed E-state index contributed by atoms with van der Waals surface area (Å²) in [5.41, 5.74) is 4.73. The first-order chi connectivity index (χ1) is 9.86. The van der Waals surface area contributed by atoms with E-state index in [1.165, 1.54) is 16.7 Å². The quantitative estimate of drug-likeness (QED) is 0.792. The summed E-state index contributed by atoms with van der Waals surface area (Å²) < 4.78 is 0. The van der Waals surface area contributed by atoms with Crippen LogP contribution in [0.2, 0.25) is 0 Å². The van der Waals surface area contributed by atoms with Gasteiger partial charge in [0, 0.05) is 11.7 Å². The van der Waals surface area contributed by atoms with Crippen LogP contribution >= 0.6 is 0 Å². The van der Waals surface area contributed by atoms with Crippen molar-refractivity contribution in [2.45, 2.75) is 52.0 Å². The van der Waals surface area contributed by atoms with Gasteiger partial charge in [-0.1, -0.05) is 6.07 Å². The van der Waals surface area contributed by atoms with Gasteiger partial charge in [0.25, 0.3) is 0 Å². The van der Waals surface area contributed by atoms with Gasteiger partial charge < -0.3 is 9.80 Å². The Hall–Kier alpha value is -1.35. The highest BCUT2D eigenvalue weighted by Crippen LogP contribution is 2.49. The van der Waals surface area contributed by atoms with E-state index in [1.54, 1.807) is 0 Å². The number of anilines is 1. The lowest BCUT2D eigenvalue weighted by atomic mass is 9.73. The minimum Gasteiger partial charge on any atom is -0.309 e. The molecule has 0 aliphatic carbocycles. The summed E-state index contributed by atoms with van der Waals surface area (Å²) >= 11 is 0. The summed E-state index contributed by atoms with van der Waals surface area (Å²) in [6, 6.07) is 4.71. The molecular formula is C18H26N2O. The Bertz CT molecular complexity index is 583. The van der Waals surface area contributed by atoms with Crippen molar-refractivity contribution in [2.75, 3.05) is 25.0 Å². The van der Waals surface area contributed by atoms with Gasteiger partial charge in [0.05, 0.1) is 5.41 Å². The van der Waals surface area contributed by atoms with E-state index in [0.717, 1.165) is 31.6 Å². The van der Waals surface area contributed by atoms with Crippen LogP contribution in [0.5, 0.6) is 0 Å². The van der Waals surface area contributed by atoms with E-state index in [2.05, 4.69) is 51.8 Å². The minimum absolute atomic E-state index is 0.220. The van der Waals surface area contributed by atoms with E-state index in [-0.39, 0.29) is 11.5 Å². The first-order valence-electron chi connectivity index (χ1n) is 8.01. The average Bonchev–Trinajstić information content (AvgIpc) is 2.64. The van der Waals surface area contributed by atoms with Crippen LogP contribution in [-0.2, 0) is 10.2 Å². The molecule has 1 spiro atoms. The molecule has 0 N–H and O–H groups in total. The lowest BCUT2D eigenvalue weighted by molar-refractivity contribution is -0.125. The zero-order chi connectivity index (χ0) is 15.4. The van der Waals surface area contributed by atoms with E-state index in [1.807, 2.05) is 4.90 Å². The highest BCUT2D eigenvalue weighted by Gasteiger charge is 2.52. The van der Waals surface area contributed by atoms with Crippen molar-refractivity contribution in [1.82, 2.24) is 4.90 Å². The van der Waals surface area contributed by atoms with Crippen molar-refractivity contribution in [3.8, 4) is 0 Å². The predicted molar refractivity (Wildman–Crippen MR) is 86.9 cm³/mol. The van der Waals surface area contributed by atoms with Crippen LogP contribution < -0.4 is 4.90 Å². The zero-order valence-corrected chi connectivity index (χ0v) is 13.9. The molecule has 1 saturated heterocycles. The lowest BCUT2D eigenvalue weighted by Gasteiger charge is -2.37. The highest BCUT2D eigenvalue weighted by atomic mass is 16.2. The first kappa shape index (κ1) is 14.6. The van der Waals surface area contributed by atoms with Gasteiger partial charge in [-0.2, -0.15) is 0 Å². The molecule has 3 nitrogen and oxygen atoms in total. The highest BCUT2D eigenvalue weighted by molar-refractivity contribution is 6.08. The summed E-state index contributed by atoms with van der Waals surface area (Å²) in [6.45, 7) is 10.5. The number of fused-ring (bicyclic) bond motifs is 2. The fourth-order valence-electron chi connectivity index (χ4n) is 3.83. The topological polar surface area (TPSA) is 23.6 Å². The number of nitrogens with zero attached hydrogens (tertiary/aromatic N) is 2. The van der Waals surface area contributed by atoms with Gasteiger partial charge in [0.2, 0.25) is 5.91 Å². The molecule has 21 heavy (non-hydrogen) atoms. The van der Waals surface area contributed by atoms with Gasteiger partial charge in [-0.25, -0.2) is 0 Å². The molecule has 1 amide bonds. The monoisotopic (exact) mass is 286 g/mol. The number of carbonyl (C=O) groups is 1. The molecule has 0 unspecified atom stereocenters. The van der Waals surface area contributed by atoms with Crippen molar-refractivity contribution in [3.63, 3.8) is 0 Å². The molecule has 1 aromatic carbocycles. The van der Waals surface area contributed by atoms with E-state index in [0.29, 0.717) is 5.91 Å². The molecular weight excluding hydrogens is 260 g/mol. The Balaban J connectivity index is 2.16. The van der Waals surface area contributed by atoms with Crippen molar-refractivity contribution < 1.29 is 4.79 Å². The maximum Gasteiger partial charge on any atom is 0.238 e. The SMILES string of the molecule is Cc1cc2c(cc1C)C1(CCN(C)CC1)C(=O)N2C(C)C. The first-order valence-corrected chi connectivity index (χ1v) is 8.01. The number of aryl methyl sites for hydroxylation is 2. The molecule has 1 fully saturated rings. The number of hydrogen-bond acceptors (Lipinski definition) is 2. The molecule has 3 heteroatoms. The Morgan fingerprint density at radius 2 is 1.67 bits per heavy atom. The number of carbonyl (C=O) groups excluding carboxylic acids is 1. The average molecular weight is 286 g/mol. The lowest BCUT2D eigenvalue weighted by Crippen LogP contribution is -2.49. The van der Waals surface area contributed by atoms with Gasteiger partial charge in [0.15, 0.2) is 0 Å². The summed E-state index contributed by atoms with van der Waals surface area (Å²) in [5, 5.41) is 0. The number of hydrogen-bond donors (Lipinski definition) is 0. The van der Waals surface area contributed by atoms with Gasteiger partial charge in [-0.3, -0.25) is 4.79 Å². The number of piperidine rings is 1. The van der Waals surface area contributed by atoms with Gasteiger partial charge in [-0.05, 0) is 83.4 Å². The van der Waals surface area contributed by atoms with Crippen molar-refractivity contribution in [2.24, 2.45) is 0 Å². The molecule has 0 saturated carbocycles. The molecule has 0 atom stereocenters. The normalized spacial score (nSPS) is 21.4. The largest absolute Gasteiger partial charge is 0.309 e. The second kappa shape index (κ2) is 4.84. The maximum atomic E-state index is 13.2. The maximum absolute atomic E-state index is 13.2. The predicted octanol–water partition coefficient (Wildman–Crippen LogP) is 3.02. The molecule has 1 aromatic rings. The molecule has 0 radical (unpaired) electrons. The molecule has 3 rings (SSSR count). The second-order valence-corrected chi connectivity index (χ2v) is 7.11. The number of likely N-dealkylation sites (tertiary alicyclic amines) is 1. The van der Waals surface area contributed by atoms with Gasteiger partial charge >= 0.3 is 0 Å².